The summed E-state index contributed by atoms with van der Waals surface area (Å²) in [5.41, 5.74) is 0.901. The van der Waals surface area contributed by atoms with Crippen LogP contribution >= 0.6 is 11.6 Å². The van der Waals surface area contributed by atoms with Gasteiger partial charge >= 0.3 is 0 Å². The van der Waals surface area contributed by atoms with E-state index in [1.54, 1.807) is 12.1 Å². The Morgan fingerprint density at radius 3 is 3.06 bits per heavy atom. The van der Waals surface area contributed by atoms with Crippen molar-refractivity contribution in [3.63, 3.8) is 0 Å². The smallest absolute Gasteiger partial charge is 0.141 e. The molecule has 1 aliphatic rings. The van der Waals surface area contributed by atoms with Gasteiger partial charge in [-0.2, -0.15) is 0 Å². The van der Waals surface area contributed by atoms with Crippen LogP contribution < -0.4 is 10.2 Å². The van der Waals surface area contributed by atoms with Crippen LogP contribution in [0.2, 0.25) is 5.02 Å². The van der Waals surface area contributed by atoms with Crippen molar-refractivity contribution < 1.29 is 9.50 Å². The summed E-state index contributed by atoms with van der Waals surface area (Å²) in [4.78, 5) is 2.12. The maximum Gasteiger partial charge on any atom is 0.141 e. The Morgan fingerprint density at radius 2 is 2.35 bits per heavy atom. The monoisotopic (exact) mass is 258 g/mol. The molecule has 0 bridgehead atoms. The quantitative estimate of drug-likeness (QED) is 0.847. The van der Waals surface area contributed by atoms with Gasteiger partial charge in [-0.3, -0.25) is 0 Å². The number of aliphatic hydroxyl groups is 1. The van der Waals surface area contributed by atoms with Crippen molar-refractivity contribution in [2.45, 2.75) is 12.5 Å². The second kappa shape index (κ2) is 5.67. The summed E-state index contributed by atoms with van der Waals surface area (Å²) in [7, 11) is 0. The number of nitrogens with one attached hydrogen (secondary N) is 1. The third-order valence-electron chi connectivity index (χ3n) is 2.97. The van der Waals surface area contributed by atoms with E-state index in [2.05, 4.69) is 10.2 Å². The molecule has 0 aromatic heterocycles. The molecule has 1 heterocycles. The van der Waals surface area contributed by atoms with Gasteiger partial charge in [-0.05, 0) is 31.2 Å². The van der Waals surface area contributed by atoms with E-state index in [4.69, 9.17) is 11.6 Å². The third kappa shape index (κ3) is 3.09. The molecule has 0 spiro atoms. The molecule has 1 atom stereocenters. The van der Waals surface area contributed by atoms with Crippen LogP contribution in [0.15, 0.2) is 18.2 Å². The second-order valence-corrected chi connectivity index (χ2v) is 4.64. The Morgan fingerprint density at radius 1 is 1.53 bits per heavy atom. The van der Waals surface area contributed by atoms with Gasteiger partial charge in [0.15, 0.2) is 0 Å². The van der Waals surface area contributed by atoms with Crippen LogP contribution in [-0.2, 0) is 0 Å². The molecule has 0 amide bonds. The molecule has 1 unspecified atom stereocenters. The summed E-state index contributed by atoms with van der Waals surface area (Å²) in [5.74, 6) is -0.401. The molecule has 5 heteroatoms. The average molecular weight is 259 g/mol. The number of rotatable bonds is 2. The van der Waals surface area contributed by atoms with Gasteiger partial charge in [-0.1, -0.05) is 11.6 Å². The lowest BCUT2D eigenvalue weighted by atomic mass is 10.2. The predicted octanol–water partition coefficient (Wildman–Crippen LogP) is 1.64. The van der Waals surface area contributed by atoms with Crippen molar-refractivity contribution in [1.82, 2.24) is 5.32 Å². The molecule has 1 aromatic rings. The molecule has 1 aromatic carbocycles. The summed E-state index contributed by atoms with van der Waals surface area (Å²) in [5, 5.41) is 12.6. The summed E-state index contributed by atoms with van der Waals surface area (Å²) in [6.45, 7) is 2.58. The molecular weight excluding hydrogens is 243 g/mol. The van der Waals surface area contributed by atoms with Gasteiger partial charge in [-0.25, -0.2) is 4.39 Å². The number of halogens is 2. The van der Waals surface area contributed by atoms with Crippen molar-refractivity contribution in [2.75, 3.05) is 31.1 Å². The van der Waals surface area contributed by atoms with Crippen LogP contribution in [0.25, 0.3) is 0 Å². The van der Waals surface area contributed by atoms with Crippen LogP contribution in [0.5, 0.6) is 0 Å². The van der Waals surface area contributed by atoms with E-state index in [-0.39, 0.29) is 17.7 Å². The normalized spacial score (nSPS) is 21.4. The Labute approximate surface area is 105 Å². The van der Waals surface area contributed by atoms with Crippen molar-refractivity contribution in [2.24, 2.45) is 0 Å². The molecule has 2 N–H and O–H groups in total. The molecule has 0 aliphatic carbocycles. The number of aliphatic hydroxyl groups excluding tert-OH is 1. The van der Waals surface area contributed by atoms with Crippen molar-refractivity contribution >= 4 is 17.3 Å². The fourth-order valence-corrected chi connectivity index (χ4v) is 2.21. The Kier molecular flexibility index (Phi) is 4.20. The molecule has 17 heavy (non-hydrogen) atoms. The zero-order valence-electron chi connectivity index (χ0n) is 9.50. The van der Waals surface area contributed by atoms with E-state index in [9.17, 15) is 9.50 Å². The highest BCUT2D eigenvalue weighted by Crippen LogP contribution is 2.23. The van der Waals surface area contributed by atoms with Crippen LogP contribution in [0, 0.1) is 5.82 Å². The van der Waals surface area contributed by atoms with Crippen LogP contribution in [0.1, 0.15) is 6.42 Å². The van der Waals surface area contributed by atoms with Gasteiger partial charge in [0.05, 0.1) is 11.6 Å². The minimum absolute atomic E-state index is 0.0568. The summed E-state index contributed by atoms with van der Waals surface area (Å²) < 4.78 is 13.1. The number of hydrogen-bond acceptors (Lipinski definition) is 3. The molecule has 2 rings (SSSR count). The highest BCUT2D eigenvalue weighted by Gasteiger charge is 2.17. The first-order valence-corrected chi connectivity index (χ1v) is 6.12. The minimum Gasteiger partial charge on any atom is -0.395 e. The molecule has 1 aliphatic heterocycles. The van der Waals surface area contributed by atoms with Crippen molar-refractivity contribution in [3.8, 4) is 0 Å². The summed E-state index contributed by atoms with van der Waals surface area (Å²) in [6.07, 6.45) is 0.992. The zero-order chi connectivity index (χ0) is 12.3. The Balaban J connectivity index is 2.16. The standard InChI is InChI=1S/C12H16ClFN2O/c13-11-6-10(2-3-12(11)14)16-5-1-4-15-9(7-16)8-17/h2-3,6,9,15,17H,1,4-5,7-8H2. The predicted molar refractivity (Wildman–Crippen MR) is 67.1 cm³/mol. The minimum atomic E-state index is -0.401. The van der Waals surface area contributed by atoms with Crippen LogP contribution in [0.3, 0.4) is 0 Å². The molecular formula is C12H16ClFN2O. The highest BCUT2D eigenvalue weighted by molar-refractivity contribution is 6.31. The van der Waals surface area contributed by atoms with Crippen molar-refractivity contribution in [3.05, 3.63) is 29.0 Å². The fraction of sp³-hybridized carbons (Fsp3) is 0.500. The zero-order valence-corrected chi connectivity index (χ0v) is 10.3. The van der Waals surface area contributed by atoms with Gasteiger partial charge in [0.1, 0.15) is 5.82 Å². The van der Waals surface area contributed by atoms with E-state index in [1.165, 1.54) is 6.07 Å². The summed E-state index contributed by atoms with van der Waals surface area (Å²) in [6, 6.07) is 4.79. The van der Waals surface area contributed by atoms with Gasteiger partial charge in [-0.15, -0.1) is 0 Å². The summed E-state index contributed by atoms with van der Waals surface area (Å²) >= 11 is 5.78. The lowest BCUT2D eigenvalue weighted by molar-refractivity contribution is 0.248. The van der Waals surface area contributed by atoms with Crippen LogP contribution in [-0.4, -0.2) is 37.4 Å². The number of hydrogen-bond donors (Lipinski definition) is 2. The van der Waals surface area contributed by atoms with E-state index in [0.29, 0.717) is 6.54 Å². The Hall–Kier alpha value is -0.840. The first-order chi connectivity index (χ1) is 8.20. The third-order valence-corrected chi connectivity index (χ3v) is 3.26. The first-order valence-electron chi connectivity index (χ1n) is 5.75. The number of nitrogens with zero attached hydrogens (tertiary/aromatic N) is 1. The lowest BCUT2D eigenvalue weighted by Crippen LogP contribution is -2.40. The molecule has 3 nitrogen and oxygen atoms in total. The maximum absolute atomic E-state index is 13.1. The van der Waals surface area contributed by atoms with Crippen molar-refractivity contribution in [1.29, 1.82) is 0 Å². The van der Waals surface area contributed by atoms with E-state index in [0.717, 1.165) is 25.2 Å². The Bertz CT molecular complexity index is 389. The van der Waals surface area contributed by atoms with E-state index in [1.807, 2.05) is 0 Å². The fourth-order valence-electron chi connectivity index (χ4n) is 2.04. The molecule has 1 fully saturated rings. The van der Waals surface area contributed by atoms with Crippen LogP contribution in [0.4, 0.5) is 10.1 Å². The molecule has 0 radical (unpaired) electrons. The van der Waals surface area contributed by atoms with E-state index >= 15 is 0 Å². The van der Waals surface area contributed by atoms with Gasteiger partial charge in [0.25, 0.3) is 0 Å². The largest absolute Gasteiger partial charge is 0.395 e. The topological polar surface area (TPSA) is 35.5 Å². The SMILES string of the molecule is OCC1CN(c2ccc(F)c(Cl)c2)CCCN1. The van der Waals surface area contributed by atoms with Gasteiger partial charge in [0, 0.05) is 24.8 Å². The van der Waals surface area contributed by atoms with Gasteiger partial charge in [0.2, 0.25) is 0 Å². The van der Waals surface area contributed by atoms with Gasteiger partial charge < -0.3 is 15.3 Å². The van der Waals surface area contributed by atoms with E-state index < -0.39 is 5.82 Å². The second-order valence-electron chi connectivity index (χ2n) is 4.23. The number of benzene rings is 1. The lowest BCUT2D eigenvalue weighted by Gasteiger charge is -2.25. The number of anilines is 1. The average Bonchev–Trinajstić information content (AvgIpc) is 2.58. The molecule has 1 saturated heterocycles. The molecule has 0 saturated carbocycles. The maximum atomic E-state index is 13.1. The first kappa shape index (κ1) is 12.6. The molecule has 94 valence electrons. The highest BCUT2D eigenvalue weighted by atomic mass is 35.5.